The third-order valence-electron chi connectivity index (χ3n) is 7.96. The van der Waals surface area contributed by atoms with Crippen LogP contribution in [0.15, 0.2) is 91.4 Å². The van der Waals surface area contributed by atoms with Crippen LogP contribution in [0.1, 0.15) is 36.8 Å². The van der Waals surface area contributed by atoms with E-state index in [9.17, 15) is 0 Å². The average molecular weight is 518 g/mol. The Morgan fingerprint density at radius 1 is 0.892 bits per heavy atom. The number of benzene rings is 1. The van der Waals surface area contributed by atoms with Crippen molar-refractivity contribution in [3.8, 4) is 0 Å². The number of anilines is 1. The van der Waals surface area contributed by atoms with Gasteiger partial charge in [0.25, 0.3) is 0 Å². The molecule has 4 heterocycles. The fourth-order valence-corrected chi connectivity index (χ4v) is 6.31. The van der Waals surface area contributed by atoms with E-state index in [-0.39, 0.29) is 0 Å². The SMILES string of the molecule is COC1(c2ccccc2)C(c2ccccn2)N(Cl)C(C)(c2ccn[nH]2)C(C)(N(C)C)N1c1ccccn1. The minimum atomic E-state index is -1.13. The first-order valence-corrected chi connectivity index (χ1v) is 12.5. The van der Waals surface area contributed by atoms with Gasteiger partial charge >= 0.3 is 0 Å². The maximum atomic E-state index is 7.60. The predicted molar refractivity (Wildman–Crippen MR) is 145 cm³/mol. The average Bonchev–Trinajstić information content (AvgIpc) is 3.48. The number of pyridine rings is 2. The van der Waals surface area contributed by atoms with Gasteiger partial charge in [0.05, 0.1) is 11.4 Å². The van der Waals surface area contributed by atoms with E-state index in [1.807, 2.05) is 79.2 Å². The number of halogens is 1. The minimum Gasteiger partial charge on any atom is -0.352 e. The Kier molecular flexibility index (Phi) is 6.53. The summed E-state index contributed by atoms with van der Waals surface area (Å²) in [5, 5.41) is 7.51. The van der Waals surface area contributed by atoms with E-state index in [0.29, 0.717) is 0 Å². The summed E-state index contributed by atoms with van der Waals surface area (Å²) < 4.78 is 8.54. The van der Waals surface area contributed by atoms with E-state index in [4.69, 9.17) is 26.5 Å². The Balaban J connectivity index is 1.96. The molecule has 0 amide bonds. The molecule has 4 unspecified atom stereocenters. The molecule has 9 heteroatoms. The number of piperazine rings is 1. The molecule has 0 radical (unpaired) electrons. The molecular formula is C28H32ClN7O. The van der Waals surface area contributed by atoms with Gasteiger partial charge < -0.3 is 9.64 Å². The second kappa shape index (κ2) is 9.54. The lowest BCUT2D eigenvalue weighted by molar-refractivity contribution is -0.186. The number of H-pyrrole nitrogens is 1. The molecular weight excluding hydrogens is 486 g/mol. The van der Waals surface area contributed by atoms with Gasteiger partial charge in [-0.05, 0) is 70.1 Å². The summed E-state index contributed by atoms with van der Waals surface area (Å²) >= 11 is 7.60. The minimum absolute atomic E-state index is 0.564. The molecule has 192 valence electrons. The Morgan fingerprint density at radius 2 is 1.57 bits per heavy atom. The number of hydrogen-bond donors (Lipinski definition) is 1. The number of ether oxygens (including phenoxy) is 1. The number of aromatic amines is 1. The molecule has 4 atom stereocenters. The molecule has 0 saturated carbocycles. The highest BCUT2D eigenvalue weighted by molar-refractivity contribution is 6.14. The van der Waals surface area contributed by atoms with Crippen LogP contribution in [-0.4, -0.2) is 56.4 Å². The van der Waals surface area contributed by atoms with Crippen molar-refractivity contribution in [1.82, 2.24) is 29.5 Å². The third-order valence-corrected chi connectivity index (χ3v) is 8.49. The van der Waals surface area contributed by atoms with Crippen LogP contribution in [0.25, 0.3) is 0 Å². The molecule has 0 aliphatic carbocycles. The van der Waals surface area contributed by atoms with Gasteiger partial charge in [0.15, 0.2) is 5.72 Å². The summed E-state index contributed by atoms with van der Waals surface area (Å²) in [5.74, 6) is 0.737. The van der Waals surface area contributed by atoms with Crippen LogP contribution in [0.4, 0.5) is 5.82 Å². The molecule has 1 aliphatic heterocycles. The van der Waals surface area contributed by atoms with Crippen molar-refractivity contribution in [2.45, 2.75) is 36.8 Å². The smallest absolute Gasteiger partial charge is 0.192 e. The fraction of sp³-hybridized carbons (Fsp3) is 0.321. The zero-order valence-electron chi connectivity index (χ0n) is 21.7. The Morgan fingerprint density at radius 3 is 2.11 bits per heavy atom. The molecule has 1 fully saturated rings. The van der Waals surface area contributed by atoms with Crippen molar-refractivity contribution >= 4 is 17.6 Å². The number of likely N-dealkylation sites (N-methyl/N-ethyl adjacent to an activating group) is 1. The number of methoxy groups -OCH3 is 1. The second-order valence-corrected chi connectivity index (χ2v) is 10.1. The first kappa shape index (κ1) is 25.4. The van der Waals surface area contributed by atoms with Crippen LogP contribution in [0.2, 0.25) is 0 Å². The van der Waals surface area contributed by atoms with Crippen LogP contribution in [0, 0.1) is 0 Å². The molecule has 8 nitrogen and oxygen atoms in total. The van der Waals surface area contributed by atoms with E-state index < -0.39 is 23.0 Å². The lowest BCUT2D eigenvalue weighted by Crippen LogP contribution is -2.81. The van der Waals surface area contributed by atoms with Crippen molar-refractivity contribution < 1.29 is 4.74 Å². The molecule has 3 aromatic heterocycles. The van der Waals surface area contributed by atoms with Gasteiger partial charge in [0.1, 0.15) is 23.1 Å². The number of hydrogen-bond acceptors (Lipinski definition) is 7. The lowest BCUT2D eigenvalue weighted by atomic mass is 9.72. The van der Waals surface area contributed by atoms with Gasteiger partial charge in [0.2, 0.25) is 0 Å². The fourth-order valence-electron chi connectivity index (χ4n) is 5.83. The molecule has 0 bridgehead atoms. The molecule has 1 aromatic carbocycles. The highest BCUT2D eigenvalue weighted by Crippen LogP contribution is 2.61. The number of nitrogens with zero attached hydrogens (tertiary/aromatic N) is 6. The van der Waals surface area contributed by atoms with Gasteiger partial charge in [-0.2, -0.15) is 9.52 Å². The third kappa shape index (κ3) is 3.51. The highest BCUT2D eigenvalue weighted by atomic mass is 35.5. The number of aromatic nitrogens is 4. The standard InChI is InChI=1S/C28H32ClN7O/c1-26(23-17-20-32-33-23)27(2,34(3)4)35(24-16-10-12-19-31-24)28(37-5,21-13-7-6-8-14-21)25(36(26)29)22-15-9-11-18-30-22/h6-20,25H,1-5H3,(H,32,33). The van der Waals surface area contributed by atoms with Crippen LogP contribution in [0.5, 0.6) is 0 Å². The van der Waals surface area contributed by atoms with E-state index in [2.05, 4.69) is 46.0 Å². The molecule has 5 rings (SSSR count). The van der Waals surface area contributed by atoms with Crippen molar-refractivity contribution in [2.75, 3.05) is 26.1 Å². The molecule has 4 aromatic rings. The molecule has 1 saturated heterocycles. The monoisotopic (exact) mass is 517 g/mol. The maximum absolute atomic E-state index is 7.60. The van der Waals surface area contributed by atoms with Crippen LogP contribution in [-0.2, 0) is 16.0 Å². The van der Waals surface area contributed by atoms with E-state index in [1.54, 1.807) is 25.7 Å². The van der Waals surface area contributed by atoms with Crippen molar-refractivity contribution in [2.24, 2.45) is 0 Å². The summed E-state index contributed by atoms with van der Waals surface area (Å²) in [6.07, 6.45) is 5.33. The Bertz CT molecular complexity index is 1310. The number of rotatable bonds is 6. The normalized spacial score (nSPS) is 28.5. The number of nitrogens with one attached hydrogen (secondary N) is 1. The van der Waals surface area contributed by atoms with Crippen molar-refractivity contribution in [3.63, 3.8) is 0 Å². The lowest BCUT2D eigenvalue weighted by Gasteiger charge is -2.69. The van der Waals surface area contributed by atoms with Gasteiger partial charge in [0, 0.05) is 31.3 Å². The van der Waals surface area contributed by atoms with Crippen LogP contribution < -0.4 is 4.90 Å². The largest absolute Gasteiger partial charge is 0.352 e. The van der Waals surface area contributed by atoms with E-state index >= 15 is 0 Å². The Labute approximate surface area is 223 Å². The summed E-state index contributed by atoms with van der Waals surface area (Å²) in [6.45, 7) is 4.27. The zero-order valence-corrected chi connectivity index (χ0v) is 22.5. The topological polar surface area (TPSA) is 73.4 Å². The van der Waals surface area contributed by atoms with Crippen molar-refractivity contribution in [3.05, 3.63) is 108 Å². The molecule has 37 heavy (non-hydrogen) atoms. The maximum Gasteiger partial charge on any atom is 0.192 e. The van der Waals surface area contributed by atoms with Crippen LogP contribution >= 0.6 is 11.8 Å². The summed E-state index contributed by atoms with van der Waals surface area (Å²) in [4.78, 5) is 14.1. The van der Waals surface area contributed by atoms with E-state index in [1.165, 1.54) is 0 Å². The van der Waals surface area contributed by atoms with Gasteiger partial charge in [-0.25, -0.2) is 4.98 Å². The summed E-state index contributed by atoms with van der Waals surface area (Å²) in [6, 6.07) is 23.3. The summed E-state index contributed by atoms with van der Waals surface area (Å²) in [7, 11) is 5.81. The van der Waals surface area contributed by atoms with Crippen molar-refractivity contribution in [1.29, 1.82) is 0 Å². The second-order valence-electron chi connectivity index (χ2n) is 9.72. The summed E-state index contributed by atoms with van der Waals surface area (Å²) in [5.41, 5.74) is -0.291. The molecule has 1 aliphatic rings. The molecule has 0 spiro atoms. The van der Waals surface area contributed by atoms with Crippen LogP contribution in [0.3, 0.4) is 0 Å². The zero-order chi connectivity index (χ0) is 26.3. The quantitative estimate of drug-likeness (QED) is 0.364. The van der Waals surface area contributed by atoms with Gasteiger partial charge in [-0.1, -0.05) is 42.5 Å². The van der Waals surface area contributed by atoms with Gasteiger partial charge in [-0.15, -0.1) is 0 Å². The molecule has 1 N–H and O–H groups in total. The van der Waals surface area contributed by atoms with E-state index in [0.717, 1.165) is 22.8 Å². The highest BCUT2D eigenvalue weighted by Gasteiger charge is 2.71. The first-order chi connectivity index (χ1) is 17.8. The first-order valence-electron chi connectivity index (χ1n) is 12.2. The van der Waals surface area contributed by atoms with Gasteiger partial charge in [-0.3, -0.25) is 15.0 Å². The predicted octanol–water partition coefficient (Wildman–Crippen LogP) is 4.91. The Hall–Kier alpha value is -3.30.